The number of rotatable bonds is 3. The molecular formula is C13H21ClN4. The van der Waals surface area contributed by atoms with Gasteiger partial charge in [0.05, 0.1) is 11.6 Å². The van der Waals surface area contributed by atoms with Gasteiger partial charge in [-0.1, -0.05) is 0 Å². The minimum absolute atomic E-state index is 0.455. The number of alkyl halides is 1. The summed E-state index contributed by atoms with van der Waals surface area (Å²) in [5.74, 6) is 1.37. The largest absolute Gasteiger partial charge is 0.304 e. The number of likely N-dealkylation sites (N-methyl/N-ethyl adjacent to an activating group) is 2. The van der Waals surface area contributed by atoms with Gasteiger partial charge in [0, 0.05) is 37.8 Å². The highest BCUT2D eigenvalue weighted by Crippen LogP contribution is 2.12. The van der Waals surface area contributed by atoms with Crippen molar-refractivity contribution >= 4 is 11.6 Å². The van der Waals surface area contributed by atoms with Crippen LogP contribution in [0.1, 0.15) is 17.2 Å². The Bertz CT molecular complexity index is 410. The van der Waals surface area contributed by atoms with Crippen molar-refractivity contribution in [2.75, 3.05) is 33.7 Å². The summed E-state index contributed by atoms with van der Waals surface area (Å²) < 4.78 is 0. The smallest absolute Gasteiger partial charge is 0.130 e. The molecule has 4 nitrogen and oxygen atoms in total. The van der Waals surface area contributed by atoms with Crippen molar-refractivity contribution in [1.82, 2.24) is 19.8 Å². The van der Waals surface area contributed by atoms with E-state index in [4.69, 9.17) is 11.6 Å². The molecule has 0 N–H and O–H groups in total. The Hall–Kier alpha value is -0.710. The summed E-state index contributed by atoms with van der Waals surface area (Å²) in [7, 11) is 4.34. The molecule has 5 heteroatoms. The van der Waals surface area contributed by atoms with Crippen LogP contribution in [0.4, 0.5) is 0 Å². The van der Waals surface area contributed by atoms with E-state index in [1.807, 2.05) is 13.0 Å². The van der Waals surface area contributed by atoms with Gasteiger partial charge in [0.2, 0.25) is 0 Å². The normalized spacial score (nSPS) is 22.3. The second-order valence-electron chi connectivity index (χ2n) is 5.15. The first-order chi connectivity index (χ1) is 8.58. The lowest BCUT2D eigenvalue weighted by atomic mass is 10.1. The molecule has 1 atom stereocenters. The summed E-state index contributed by atoms with van der Waals surface area (Å²) >= 11 is 5.86. The molecule has 0 amide bonds. The predicted molar refractivity (Wildman–Crippen MR) is 73.9 cm³/mol. The summed E-state index contributed by atoms with van der Waals surface area (Å²) in [5, 5.41) is 0. The first-order valence-electron chi connectivity index (χ1n) is 6.36. The van der Waals surface area contributed by atoms with E-state index in [0.717, 1.165) is 43.3 Å². The van der Waals surface area contributed by atoms with E-state index in [0.29, 0.717) is 11.9 Å². The Kier molecular flexibility index (Phi) is 4.54. The van der Waals surface area contributed by atoms with Crippen LogP contribution in [0.25, 0.3) is 0 Å². The molecule has 1 aromatic rings. The zero-order valence-corrected chi connectivity index (χ0v) is 12.1. The van der Waals surface area contributed by atoms with Crippen LogP contribution in [0.15, 0.2) is 6.07 Å². The summed E-state index contributed by atoms with van der Waals surface area (Å²) in [4.78, 5) is 13.8. The average molecular weight is 269 g/mol. The van der Waals surface area contributed by atoms with E-state index in [-0.39, 0.29) is 0 Å². The lowest BCUT2D eigenvalue weighted by Gasteiger charge is -2.37. The van der Waals surface area contributed by atoms with Crippen LogP contribution in [0.5, 0.6) is 0 Å². The van der Waals surface area contributed by atoms with E-state index in [1.165, 1.54) is 0 Å². The Labute approximate surface area is 114 Å². The Morgan fingerprint density at radius 2 is 2.11 bits per heavy atom. The lowest BCUT2D eigenvalue weighted by Crippen LogP contribution is -2.51. The Balaban J connectivity index is 2.10. The van der Waals surface area contributed by atoms with E-state index >= 15 is 0 Å². The maximum atomic E-state index is 5.86. The van der Waals surface area contributed by atoms with Gasteiger partial charge in [-0.3, -0.25) is 0 Å². The second-order valence-corrected chi connectivity index (χ2v) is 5.42. The van der Waals surface area contributed by atoms with Gasteiger partial charge in [0.25, 0.3) is 0 Å². The quantitative estimate of drug-likeness (QED) is 0.774. The third kappa shape index (κ3) is 3.40. The van der Waals surface area contributed by atoms with Crippen molar-refractivity contribution in [2.45, 2.75) is 25.3 Å². The average Bonchev–Trinajstić information content (AvgIpc) is 2.33. The molecule has 1 saturated heterocycles. The summed E-state index contributed by atoms with van der Waals surface area (Å²) in [5.41, 5.74) is 1.92. The molecule has 1 aliphatic heterocycles. The van der Waals surface area contributed by atoms with Crippen molar-refractivity contribution in [3.8, 4) is 0 Å². The molecule has 0 saturated carbocycles. The molecule has 2 heterocycles. The highest BCUT2D eigenvalue weighted by molar-refractivity contribution is 6.16. The van der Waals surface area contributed by atoms with Crippen molar-refractivity contribution in [3.63, 3.8) is 0 Å². The molecule has 1 unspecified atom stereocenters. The molecular weight excluding hydrogens is 248 g/mol. The van der Waals surface area contributed by atoms with Crippen molar-refractivity contribution in [3.05, 3.63) is 23.3 Å². The van der Waals surface area contributed by atoms with Crippen LogP contribution in [0.2, 0.25) is 0 Å². The summed E-state index contributed by atoms with van der Waals surface area (Å²) in [6, 6.07) is 2.45. The molecule has 18 heavy (non-hydrogen) atoms. The number of halogens is 1. The number of piperazine rings is 1. The highest BCUT2D eigenvalue weighted by atomic mass is 35.5. The number of aryl methyl sites for hydroxylation is 1. The summed E-state index contributed by atoms with van der Waals surface area (Å²) in [6.45, 7) is 5.31. The zero-order valence-electron chi connectivity index (χ0n) is 11.4. The number of nitrogens with zero attached hydrogens (tertiary/aromatic N) is 4. The third-order valence-corrected chi connectivity index (χ3v) is 3.76. The standard InChI is InChI=1S/C13H21ClN4/c1-10-6-11(8-14)16-13(15-10)7-12-9-17(2)4-5-18(12)3/h6,12H,4-5,7-9H2,1-3H3. The van der Waals surface area contributed by atoms with Crippen LogP contribution in [-0.4, -0.2) is 59.5 Å². The maximum Gasteiger partial charge on any atom is 0.130 e. The van der Waals surface area contributed by atoms with Crippen LogP contribution >= 0.6 is 11.6 Å². The number of hydrogen-bond acceptors (Lipinski definition) is 4. The van der Waals surface area contributed by atoms with E-state index < -0.39 is 0 Å². The van der Waals surface area contributed by atoms with Gasteiger partial charge in [-0.25, -0.2) is 9.97 Å². The fourth-order valence-corrected chi connectivity index (χ4v) is 2.53. The molecule has 0 aromatic carbocycles. The topological polar surface area (TPSA) is 32.3 Å². The van der Waals surface area contributed by atoms with Gasteiger partial charge in [0.1, 0.15) is 5.82 Å². The maximum absolute atomic E-state index is 5.86. The SMILES string of the molecule is Cc1cc(CCl)nc(CC2CN(C)CCN2C)n1. The van der Waals surface area contributed by atoms with Crippen molar-refractivity contribution in [2.24, 2.45) is 0 Å². The second kappa shape index (κ2) is 5.95. The monoisotopic (exact) mass is 268 g/mol. The molecule has 1 aromatic heterocycles. The van der Waals surface area contributed by atoms with E-state index in [1.54, 1.807) is 0 Å². The molecule has 0 radical (unpaired) electrons. The fraction of sp³-hybridized carbons (Fsp3) is 0.692. The lowest BCUT2D eigenvalue weighted by molar-refractivity contribution is 0.113. The Morgan fingerprint density at radius 3 is 2.83 bits per heavy atom. The van der Waals surface area contributed by atoms with Crippen LogP contribution < -0.4 is 0 Å². The Morgan fingerprint density at radius 1 is 1.33 bits per heavy atom. The van der Waals surface area contributed by atoms with Gasteiger partial charge in [-0.2, -0.15) is 0 Å². The van der Waals surface area contributed by atoms with Crippen LogP contribution in [0.3, 0.4) is 0 Å². The molecule has 100 valence electrons. The van der Waals surface area contributed by atoms with Gasteiger partial charge in [0.15, 0.2) is 0 Å². The van der Waals surface area contributed by atoms with Gasteiger partial charge >= 0.3 is 0 Å². The third-order valence-electron chi connectivity index (χ3n) is 3.49. The number of aromatic nitrogens is 2. The minimum Gasteiger partial charge on any atom is -0.304 e. The van der Waals surface area contributed by atoms with Crippen LogP contribution in [0, 0.1) is 6.92 Å². The molecule has 1 fully saturated rings. The predicted octanol–water partition coefficient (Wildman–Crippen LogP) is 1.31. The van der Waals surface area contributed by atoms with Gasteiger partial charge < -0.3 is 9.80 Å². The highest BCUT2D eigenvalue weighted by Gasteiger charge is 2.23. The van der Waals surface area contributed by atoms with E-state index in [2.05, 4.69) is 33.9 Å². The van der Waals surface area contributed by atoms with Gasteiger partial charge in [-0.15, -0.1) is 11.6 Å². The number of hydrogen-bond donors (Lipinski definition) is 0. The van der Waals surface area contributed by atoms with E-state index in [9.17, 15) is 0 Å². The first-order valence-corrected chi connectivity index (χ1v) is 6.90. The minimum atomic E-state index is 0.455. The van der Waals surface area contributed by atoms with Crippen molar-refractivity contribution < 1.29 is 0 Å². The molecule has 0 bridgehead atoms. The molecule has 0 spiro atoms. The van der Waals surface area contributed by atoms with Crippen molar-refractivity contribution in [1.29, 1.82) is 0 Å². The molecule has 2 rings (SSSR count). The first kappa shape index (κ1) is 13.7. The molecule has 0 aliphatic carbocycles. The zero-order chi connectivity index (χ0) is 13.1. The van der Waals surface area contributed by atoms with Gasteiger partial charge in [-0.05, 0) is 27.1 Å². The molecule has 1 aliphatic rings. The fourth-order valence-electron chi connectivity index (χ4n) is 2.39. The van der Waals surface area contributed by atoms with Crippen LogP contribution in [-0.2, 0) is 12.3 Å². The summed E-state index contributed by atoms with van der Waals surface area (Å²) in [6.07, 6.45) is 0.895.